The Morgan fingerprint density at radius 3 is 2.53 bits per heavy atom. The Bertz CT molecular complexity index is 383. The molecule has 1 aliphatic heterocycles. The van der Waals surface area contributed by atoms with E-state index in [4.69, 9.17) is 5.73 Å². The van der Waals surface area contributed by atoms with E-state index in [1.165, 1.54) is 0 Å². The zero-order chi connectivity index (χ0) is 13.7. The van der Waals surface area contributed by atoms with Gasteiger partial charge in [0, 0.05) is 50.5 Å². The number of piperazine rings is 1. The molecule has 1 unspecified atom stereocenters. The first kappa shape index (κ1) is 14.2. The highest BCUT2D eigenvalue weighted by molar-refractivity contribution is 5.39. The van der Waals surface area contributed by atoms with Gasteiger partial charge in [0.25, 0.3) is 0 Å². The summed E-state index contributed by atoms with van der Waals surface area (Å²) in [5.41, 5.74) is 6.93. The van der Waals surface area contributed by atoms with Crippen molar-refractivity contribution in [3.63, 3.8) is 0 Å². The van der Waals surface area contributed by atoms with Gasteiger partial charge in [0.1, 0.15) is 12.1 Å². The van der Waals surface area contributed by atoms with Crippen molar-refractivity contribution in [2.45, 2.75) is 32.7 Å². The summed E-state index contributed by atoms with van der Waals surface area (Å²) < 4.78 is 0. The zero-order valence-corrected chi connectivity index (χ0v) is 12.0. The predicted octanol–water partition coefficient (Wildman–Crippen LogP) is 0.898. The molecule has 1 aromatic heterocycles. The van der Waals surface area contributed by atoms with Crippen LogP contribution in [0.3, 0.4) is 0 Å². The van der Waals surface area contributed by atoms with Crippen molar-refractivity contribution in [1.82, 2.24) is 14.9 Å². The Hall–Kier alpha value is -1.20. The van der Waals surface area contributed by atoms with E-state index >= 15 is 0 Å². The molecule has 0 aliphatic carbocycles. The van der Waals surface area contributed by atoms with Gasteiger partial charge >= 0.3 is 0 Å². The van der Waals surface area contributed by atoms with E-state index < -0.39 is 0 Å². The summed E-state index contributed by atoms with van der Waals surface area (Å²) in [4.78, 5) is 13.5. The van der Waals surface area contributed by atoms with Crippen LogP contribution in [0.15, 0.2) is 12.4 Å². The van der Waals surface area contributed by atoms with Crippen LogP contribution in [0.2, 0.25) is 0 Å². The number of aryl methyl sites for hydroxylation is 1. The lowest BCUT2D eigenvalue weighted by Crippen LogP contribution is -2.52. The van der Waals surface area contributed by atoms with Crippen molar-refractivity contribution in [3.05, 3.63) is 18.1 Å². The van der Waals surface area contributed by atoms with Crippen LogP contribution in [-0.2, 0) is 6.42 Å². The maximum absolute atomic E-state index is 5.82. The molecule has 0 saturated carbocycles. The fourth-order valence-electron chi connectivity index (χ4n) is 2.64. The number of nitrogens with zero attached hydrogens (tertiary/aromatic N) is 4. The second-order valence-corrected chi connectivity index (χ2v) is 5.04. The van der Waals surface area contributed by atoms with Crippen molar-refractivity contribution in [2.75, 3.05) is 37.6 Å². The number of hydrogen-bond acceptors (Lipinski definition) is 5. The molecule has 2 N–H and O–H groups in total. The Balaban J connectivity index is 1.95. The van der Waals surface area contributed by atoms with Gasteiger partial charge in [-0.15, -0.1) is 0 Å². The fourth-order valence-corrected chi connectivity index (χ4v) is 2.64. The third kappa shape index (κ3) is 3.42. The molecule has 1 aromatic rings. The molecule has 1 atom stereocenters. The van der Waals surface area contributed by atoms with Crippen molar-refractivity contribution in [2.24, 2.45) is 5.73 Å². The standard InChI is InChI=1S/C14H25N5/c1-3-12-9-14(17-11-16-12)19-7-5-18(6-8-19)13(4-2)10-15/h9,11,13H,3-8,10,15H2,1-2H3. The third-order valence-corrected chi connectivity index (χ3v) is 3.97. The lowest BCUT2D eigenvalue weighted by atomic mass is 10.1. The van der Waals surface area contributed by atoms with Crippen molar-refractivity contribution in [1.29, 1.82) is 0 Å². The lowest BCUT2D eigenvalue weighted by Gasteiger charge is -2.39. The Kier molecular flexibility index (Phi) is 5.10. The highest BCUT2D eigenvalue weighted by Gasteiger charge is 2.22. The summed E-state index contributed by atoms with van der Waals surface area (Å²) in [5, 5.41) is 0. The molecular formula is C14H25N5. The van der Waals surface area contributed by atoms with E-state index in [-0.39, 0.29) is 0 Å². The average Bonchev–Trinajstić information content (AvgIpc) is 2.49. The summed E-state index contributed by atoms with van der Waals surface area (Å²) in [7, 11) is 0. The van der Waals surface area contributed by atoms with E-state index in [2.05, 4.69) is 39.7 Å². The third-order valence-electron chi connectivity index (χ3n) is 3.97. The second kappa shape index (κ2) is 6.82. The summed E-state index contributed by atoms with van der Waals surface area (Å²) >= 11 is 0. The van der Waals surface area contributed by atoms with Gasteiger partial charge in [0.05, 0.1) is 0 Å². The molecule has 0 amide bonds. The molecule has 2 rings (SSSR count). The second-order valence-electron chi connectivity index (χ2n) is 5.04. The van der Waals surface area contributed by atoms with Gasteiger partial charge in [-0.05, 0) is 12.8 Å². The number of aromatic nitrogens is 2. The first-order chi connectivity index (χ1) is 9.28. The number of rotatable bonds is 5. The molecule has 0 aromatic carbocycles. The summed E-state index contributed by atoms with van der Waals surface area (Å²) in [6.45, 7) is 9.28. The monoisotopic (exact) mass is 263 g/mol. The van der Waals surface area contributed by atoms with E-state index in [9.17, 15) is 0 Å². The Morgan fingerprint density at radius 2 is 1.95 bits per heavy atom. The van der Waals surface area contributed by atoms with E-state index in [0.29, 0.717) is 6.04 Å². The van der Waals surface area contributed by atoms with Crippen molar-refractivity contribution in [3.8, 4) is 0 Å². The van der Waals surface area contributed by atoms with E-state index in [0.717, 1.165) is 57.1 Å². The molecule has 1 saturated heterocycles. The fraction of sp³-hybridized carbons (Fsp3) is 0.714. The molecule has 0 bridgehead atoms. The minimum absolute atomic E-state index is 0.527. The van der Waals surface area contributed by atoms with Crippen molar-refractivity contribution < 1.29 is 0 Å². The van der Waals surface area contributed by atoms with Crippen LogP contribution in [0.25, 0.3) is 0 Å². The molecular weight excluding hydrogens is 238 g/mol. The molecule has 106 valence electrons. The van der Waals surface area contributed by atoms with Gasteiger partial charge in [0.15, 0.2) is 0 Å². The number of hydrogen-bond donors (Lipinski definition) is 1. The van der Waals surface area contributed by atoms with Gasteiger partial charge in [-0.1, -0.05) is 13.8 Å². The normalized spacial score (nSPS) is 18.6. The maximum atomic E-state index is 5.82. The highest BCUT2D eigenvalue weighted by Crippen LogP contribution is 2.16. The van der Waals surface area contributed by atoms with Gasteiger partial charge < -0.3 is 10.6 Å². The minimum Gasteiger partial charge on any atom is -0.354 e. The molecule has 1 aliphatic rings. The first-order valence-corrected chi connectivity index (χ1v) is 7.28. The van der Waals surface area contributed by atoms with Gasteiger partial charge in [-0.25, -0.2) is 9.97 Å². The lowest BCUT2D eigenvalue weighted by molar-refractivity contribution is 0.184. The van der Waals surface area contributed by atoms with Crippen LogP contribution >= 0.6 is 0 Å². The summed E-state index contributed by atoms with van der Waals surface area (Å²) in [6, 6.07) is 2.63. The molecule has 2 heterocycles. The minimum atomic E-state index is 0.527. The average molecular weight is 263 g/mol. The Labute approximate surface area is 115 Å². The molecule has 1 fully saturated rings. The Morgan fingerprint density at radius 1 is 1.21 bits per heavy atom. The van der Waals surface area contributed by atoms with Crippen LogP contribution in [0.1, 0.15) is 26.0 Å². The highest BCUT2D eigenvalue weighted by atomic mass is 15.3. The van der Waals surface area contributed by atoms with Crippen LogP contribution in [0.4, 0.5) is 5.82 Å². The van der Waals surface area contributed by atoms with Crippen LogP contribution in [-0.4, -0.2) is 53.6 Å². The molecule has 5 heteroatoms. The van der Waals surface area contributed by atoms with Gasteiger partial charge in [0.2, 0.25) is 0 Å². The van der Waals surface area contributed by atoms with Gasteiger partial charge in [-0.3, -0.25) is 4.90 Å². The molecule has 0 spiro atoms. The van der Waals surface area contributed by atoms with Gasteiger partial charge in [-0.2, -0.15) is 0 Å². The van der Waals surface area contributed by atoms with Crippen LogP contribution in [0.5, 0.6) is 0 Å². The molecule has 19 heavy (non-hydrogen) atoms. The number of nitrogens with two attached hydrogens (primary N) is 1. The topological polar surface area (TPSA) is 58.3 Å². The van der Waals surface area contributed by atoms with Crippen LogP contribution < -0.4 is 10.6 Å². The largest absolute Gasteiger partial charge is 0.354 e. The predicted molar refractivity (Wildman–Crippen MR) is 78.3 cm³/mol. The zero-order valence-electron chi connectivity index (χ0n) is 12.0. The first-order valence-electron chi connectivity index (χ1n) is 7.28. The SMILES string of the molecule is CCc1cc(N2CCN(C(CC)CN)CC2)ncn1. The summed E-state index contributed by atoms with van der Waals surface area (Å²) in [5.74, 6) is 1.06. The molecule has 5 nitrogen and oxygen atoms in total. The quantitative estimate of drug-likeness (QED) is 0.855. The maximum Gasteiger partial charge on any atom is 0.132 e. The van der Waals surface area contributed by atoms with Crippen LogP contribution in [0, 0.1) is 0 Å². The summed E-state index contributed by atoms with van der Waals surface area (Å²) in [6.07, 6.45) is 3.76. The van der Waals surface area contributed by atoms with E-state index in [1.807, 2.05) is 0 Å². The van der Waals surface area contributed by atoms with E-state index in [1.54, 1.807) is 6.33 Å². The van der Waals surface area contributed by atoms with Crippen molar-refractivity contribution >= 4 is 5.82 Å². The number of anilines is 1. The molecule has 0 radical (unpaired) electrons. The smallest absolute Gasteiger partial charge is 0.132 e.